The molecule has 0 spiro atoms. The molecule has 0 amide bonds. The molecule has 0 N–H and O–H groups in total. The summed E-state index contributed by atoms with van der Waals surface area (Å²) in [6.45, 7) is 8.33. The highest BCUT2D eigenvalue weighted by Crippen LogP contribution is 2.47. The Morgan fingerprint density at radius 2 is 0.524 bits per heavy atom. The maximum atomic E-state index is 6.19. The molecule has 0 bridgehead atoms. The minimum Gasteiger partial charge on any atom is -0.399 e. The second-order valence-electron chi connectivity index (χ2n) is 32.8. The lowest BCUT2D eigenvalue weighted by Gasteiger charge is -2.32. The Balaban J connectivity index is 0.000000126. The predicted molar refractivity (Wildman–Crippen MR) is 530 cm³/mol. The lowest BCUT2D eigenvalue weighted by molar-refractivity contribution is 0.00578. The quantitative estimate of drug-likeness (QED) is 0.128. The average molecular weight is 1760 g/mol. The maximum Gasteiger partial charge on any atom is 0.494 e. The zero-order chi connectivity index (χ0) is 83.1. The monoisotopic (exact) mass is 1760 g/mol. The number of nitrogens with zero attached hydrogens (tertiary/aromatic N) is 7. The third kappa shape index (κ3) is 12.6. The van der Waals surface area contributed by atoms with E-state index >= 15 is 0 Å². The van der Waals surface area contributed by atoms with E-state index in [1.54, 1.807) is 22.7 Å². The van der Waals surface area contributed by atoms with Crippen LogP contribution in [0.15, 0.2) is 397 Å². The smallest absolute Gasteiger partial charge is 0.399 e. The van der Waals surface area contributed by atoms with Crippen LogP contribution in [0.2, 0.25) is 0 Å². The molecule has 0 saturated carbocycles. The molecule has 592 valence electrons. The van der Waals surface area contributed by atoms with Crippen LogP contribution in [0.25, 0.3) is 201 Å². The highest BCUT2D eigenvalue weighted by Gasteiger charge is 2.51. The van der Waals surface area contributed by atoms with E-state index in [1.807, 2.05) is 6.07 Å². The molecule has 0 aliphatic carbocycles. The number of para-hydroxylation sites is 10. The first-order valence-electron chi connectivity index (χ1n) is 41.8. The summed E-state index contributed by atoms with van der Waals surface area (Å²) in [5.41, 5.74) is 27.0. The fourth-order valence-electron chi connectivity index (χ4n) is 18.5. The fraction of sp³-hybridized carbons (Fsp3) is 0.0545. The van der Waals surface area contributed by atoms with Gasteiger partial charge in [-0.05, 0) is 234 Å². The summed E-state index contributed by atoms with van der Waals surface area (Å²) >= 11 is 10.8. The Morgan fingerprint density at radius 3 is 0.887 bits per heavy atom. The predicted octanol–water partition coefficient (Wildman–Crippen LogP) is 30.3. The molecule has 1 saturated heterocycles. The molecule has 25 rings (SSSR count). The number of hydrogen-bond acceptors (Lipinski definition) is 6. The summed E-state index contributed by atoms with van der Waals surface area (Å²) in [6.07, 6.45) is 0. The summed E-state index contributed by atoms with van der Waals surface area (Å²) < 4.78 is 28.6. The van der Waals surface area contributed by atoms with Gasteiger partial charge in [0, 0.05) is 113 Å². The molecule has 17 aromatic carbocycles. The van der Waals surface area contributed by atoms with Gasteiger partial charge in [0.05, 0.1) is 86.8 Å². The lowest BCUT2D eigenvalue weighted by Crippen LogP contribution is -2.41. The number of fused-ring (bicyclic) bond motifs is 17. The summed E-state index contributed by atoms with van der Waals surface area (Å²) in [7, 11) is -0.336. The van der Waals surface area contributed by atoms with Crippen molar-refractivity contribution in [2.75, 3.05) is 0 Å². The van der Waals surface area contributed by atoms with Gasteiger partial charge in [0.2, 0.25) is 0 Å². The third-order valence-corrected chi connectivity index (χ3v) is 29.0. The normalized spacial score (nSPS) is 13.3. The van der Waals surface area contributed by atoms with Gasteiger partial charge >= 0.3 is 7.12 Å². The fourth-order valence-corrected chi connectivity index (χ4v) is 21.8. The van der Waals surface area contributed by atoms with Gasteiger partial charge in [-0.1, -0.05) is 231 Å². The van der Waals surface area contributed by atoms with Gasteiger partial charge in [-0.3, -0.25) is 0 Å². The molecule has 0 radical (unpaired) electrons. The number of rotatable bonds is 10. The van der Waals surface area contributed by atoms with Crippen molar-refractivity contribution in [3.05, 3.63) is 397 Å². The summed E-state index contributed by atoms with van der Waals surface area (Å²) in [5.74, 6) is 0. The molecule has 0 atom stereocenters. The highest BCUT2D eigenvalue weighted by molar-refractivity contribution is 9.11. The molecule has 1 aliphatic heterocycles. The Hall–Kier alpha value is -13.5. The number of hydrogen-bond donors (Lipinski definition) is 0. The van der Waals surface area contributed by atoms with Crippen molar-refractivity contribution in [3.63, 3.8) is 0 Å². The summed E-state index contributed by atoms with van der Waals surface area (Å²) in [5, 5.41) is 14.5. The third-order valence-electron chi connectivity index (χ3n) is 25.1. The Morgan fingerprint density at radius 1 is 0.250 bits per heavy atom. The molecule has 14 heteroatoms. The van der Waals surface area contributed by atoms with Gasteiger partial charge in [0.15, 0.2) is 0 Å². The first-order chi connectivity index (χ1) is 60.8. The van der Waals surface area contributed by atoms with E-state index in [9.17, 15) is 0 Å². The molecular weight excluding hydrogens is 1690 g/mol. The van der Waals surface area contributed by atoms with Crippen molar-refractivity contribution < 1.29 is 9.31 Å². The SMILES string of the molecule is Brc1ccc(Br)c2sc(-c3ccc4c(c3)c3ccccc3n4-c3ccccc3)nc12.CC1(C)OB(c2ccc(-n3c4ccccc4c4ccccc43)cc2)OC1(C)C.c1ccc(-n2c3ccccc3c3cc(-c4nc5c(-c6ccc(-n7c8ccccc8c8ccccc87)cc6)ccc(-c6ccc(-n7c8ccccc8c8ccccc87)cc6)c5s4)ccc32)cc1. The van der Waals surface area contributed by atoms with Crippen LogP contribution in [0.3, 0.4) is 0 Å². The molecular formula is C110H76BBr2N7O2S2. The minimum atomic E-state index is -0.336. The zero-order valence-corrected chi connectivity index (χ0v) is 72.9. The molecule has 8 heterocycles. The van der Waals surface area contributed by atoms with E-state index in [1.165, 1.54) is 125 Å². The number of benzene rings is 17. The van der Waals surface area contributed by atoms with Gasteiger partial charge in [-0.2, -0.15) is 0 Å². The molecule has 9 nitrogen and oxygen atoms in total. The Kier molecular flexibility index (Phi) is 18.4. The van der Waals surface area contributed by atoms with E-state index < -0.39 is 0 Å². The van der Waals surface area contributed by atoms with Crippen LogP contribution in [0, 0.1) is 0 Å². The van der Waals surface area contributed by atoms with Crippen molar-refractivity contribution in [1.29, 1.82) is 0 Å². The molecule has 1 fully saturated rings. The van der Waals surface area contributed by atoms with Crippen molar-refractivity contribution in [3.8, 4) is 71.8 Å². The van der Waals surface area contributed by atoms with Crippen molar-refractivity contribution in [2.24, 2.45) is 0 Å². The summed E-state index contributed by atoms with van der Waals surface area (Å²) in [4.78, 5) is 10.5. The first kappa shape index (κ1) is 75.4. The largest absolute Gasteiger partial charge is 0.494 e. The van der Waals surface area contributed by atoms with Crippen LogP contribution < -0.4 is 5.46 Å². The van der Waals surface area contributed by atoms with Crippen LogP contribution in [0.5, 0.6) is 0 Å². The minimum absolute atomic E-state index is 0.330. The van der Waals surface area contributed by atoms with Crippen molar-refractivity contribution >= 4 is 197 Å². The molecule has 7 aromatic heterocycles. The molecule has 124 heavy (non-hydrogen) atoms. The Labute approximate surface area is 740 Å². The topological polar surface area (TPSA) is 68.9 Å². The van der Waals surface area contributed by atoms with Crippen molar-refractivity contribution in [2.45, 2.75) is 38.9 Å². The maximum absolute atomic E-state index is 6.19. The van der Waals surface area contributed by atoms with Gasteiger partial charge in [-0.15, -0.1) is 22.7 Å². The lowest BCUT2D eigenvalue weighted by atomic mass is 9.79. The molecule has 0 unspecified atom stereocenters. The summed E-state index contributed by atoms with van der Waals surface area (Å²) in [6, 6.07) is 139. The van der Waals surface area contributed by atoms with Gasteiger partial charge < -0.3 is 32.1 Å². The van der Waals surface area contributed by atoms with E-state index in [0.717, 1.165) is 90.7 Å². The number of thiazole rings is 2. The van der Waals surface area contributed by atoms with Gasteiger partial charge in [-0.25, -0.2) is 9.97 Å². The molecule has 24 aromatic rings. The average Bonchev–Trinajstić information content (AvgIpc) is 1.61. The molecule has 1 aliphatic rings. The van der Waals surface area contributed by atoms with E-state index in [-0.39, 0.29) is 18.3 Å². The van der Waals surface area contributed by atoms with E-state index in [4.69, 9.17) is 19.3 Å². The van der Waals surface area contributed by atoms with Crippen LogP contribution in [0.1, 0.15) is 27.7 Å². The Bertz CT molecular complexity index is 7940. The second-order valence-corrected chi connectivity index (χ2v) is 36.5. The number of aromatic nitrogens is 7. The standard InChI is InChI=1S/C61H38N4S.C25H14Br2N2S.C24H24BNO2/c1-2-14-42(15-3-1)63-57-25-13-8-20-51(57)52-38-41(30-37-58(52)63)61-62-59-45(39-26-31-43(32-27-39)64-53-21-9-4-16-47(53)48-17-5-10-22-54(48)64)35-36-46(60(59)66-61)40-28-33-44(34-29-40)65-55-23-11-6-18-49(55)50-19-7-12-24-56(50)65;26-19-11-12-20(27)24-23(19)28-25(30-24)15-10-13-22-18(14-15)17-8-4-5-9-21(17)29(22)16-6-2-1-3-7-16;1-23(2)24(3,4)28-25(27-23)17-13-15-18(16-14-17)26-21-11-7-5-9-19(21)20-10-6-8-12-22(20)26/h1-38H;1-14H;5-16H,1-4H3. The zero-order valence-electron chi connectivity index (χ0n) is 68.0. The van der Waals surface area contributed by atoms with Gasteiger partial charge in [0.25, 0.3) is 0 Å². The van der Waals surface area contributed by atoms with Crippen LogP contribution in [-0.2, 0) is 9.31 Å². The van der Waals surface area contributed by atoms with Gasteiger partial charge in [0.1, 0.15) is 10.0 Å². The van der Waals surface area contributed by atoms with E-state index in [0.29, 0.717) is 0 Å². The van der Waals surface area contributed by atoms with Crippen LogP contribution >= 0.6 is 54.5 Å². The van der Waals surface area contributed by atoms with Crippen molar-refractivity contribution in [1.82, 2.24) is 32.8 Å². The second kappa shape index (κ2) is 30.2. The van der Waals surface area contributed by atoms with Crippen LogP contribution in [-0.4, -0.2) is 51.1 Å². The highest BCUT2D eigenvalue weighted by atomic mass is 79.9. The number of halogens is 2. The van der Waals surface area contributed by atoms with Crippen LogP contribution in [0.4, 0.5) is 0 Å². The first-order valence-corrected chi connectivity index (χ1v) is 45.0. The van der Waals surface area contributed by atoms with E-state index in [2.05, 4.69) is 465 Å².